The molecule has 3 heterocycles. The number of aromatic nitrogens is 3. The molecular weight excluding hydrogens is 558 g/mol. The maximum Gasteiger partial charge on any atom is 0.0888 e. The van der Waals surface area contributed by atoms with Gasteiger partial charge in [-0.15, -0.1) is 0 Å². The molecule has 0 aliphatic carbocycles. The van der Waals surface area contributed by atoms with Crippen molar-refractivity contribution in [2.24, 2.45) is 0 Å². The predicted molar refractivity (Wildman–Crippen MR) is 192 cm³/mol. The van der Waals surface area contributed by atoms with Crippen LogP contribution >= 0.6 is 0 Å². The van der Waals surface area contributed by atoms with Crippen molar-refractivity contribution in [3.05, 3.63) is 164 Å². The summed E-state index contributed by atoms with van der Waals surface area (Å²) in [6, 6.07) is 52.5. The van der Waals surface area contributed by atoms with Crippen molar-refractivity contribution >= 4 is 43.4 Å². The molecule has 46 heavy (non-hydrogen) atoms. The lowest BCUT2D eigenvalue weighted by Gasteiger charge is -2.12. The Morgan fingerprint density at radius 2 is 1.13 bits per heavy atom. The molecular formula is C43H29N3. The van der Waals surface area contributed by atoms with Gasteiger partial charge >= 0.3 is 0 Å². The van der Waals surface area contributed by atoms with E-state index in [9.17, 15) is 0 Å². The summed E-state index contributed by atoms with van der Waals surface area (Å²) in [7, 11) is 0. The van der Waals surface area contributed by atoms with Gasteiger partial charge < -0.3 is 4.57 Å². The largest absolute Gasteiger partial charge is 0.309 e. The lowest BCUT2D eigenvalue weighted by Crippen LogP contribution is -1.94. The zero-order valence-corrected chi connectivity index (χ0v) is 25.4. The Balaban J connectivity index is 1.22. The van der Waals surface area contributed by atoms with Crippen LogP contribution < -0.4 is 0 Å². The zero-order valence-electron chi connectivity index (χ0n) is 25.4. The molecule has 0 bridgehead atoms. The highest BCUT2D eigenvalue weighted by atomic mass is 15.0. The molecule has 6 aromatic carbocycles. The van der Waals surface area contributed by atoms with Crippen LogP contribution in [0, 0.1) is 6.92 Å². The Morgan fingerprint density at radius 3 is 1.93 bits per heavy atom. The van der Waals surface area contributed by atoms with E-state index < -0.39 is 0 Å². The third-order valence-corrected chi connectivity index (χ3v) is 9.12. The van der Waals surface area contributed by atoms with Crippen molar-refractivity contribution in [1.29, 1.82) is 0 Å². The molecule has 0 fully saturated rings. The number of nitrogens with zero attached hydrogens (tertiary/aromatic N) is 3. The minimum atomic E-state index is 0.876. The second-order valence-electron chi connectivity index (χ2n) is 12.0. The van der Waals surface area contributed by atoms with Crippen LogP contribution in [0.3, 0.4) is 0 Å². The van der Waals surface area contributed by atoms with Crippen LogP contribution in [-0.2, 0) is 0 Å². The van der Waals surface area contributed by atoms with Crippen molar-refractivity contribution in [1.82, 2.24) is 14.5 Å². The van der Waals surface area contributed by atoms with Crippen LogP contribution in [-0.4, -0.2) is 14.5 Å². The molecule has 0 spiro atoms. The van der Waals surface area contributed by atoms with Crippen LogP contribution in [0.25, 0.3) is 82.7 Å². The molecule has 0 amide bonds. The van der Waals surface area contributed by atoms with Crippen molar-refractivity contribution in [2.75, 3.05) is 0 Å². The van der Waals surface area contributed by atoms with Gasteiger partial charge in [0, 0.05) is 39.8 Å². The van der Waals surface area contributed by atoms with Crippen molar-refractivity contribution in [3.63, 3.8) is 0 Å². The molecule has 3 aromatic heterocycles. The van der Waals surface area contributed by atoms with Crippen molar-refractivity contribution in [2.45, 2.75) is 6.92 Å². The number of aryl methyl sites for hydroxylation is 1. The van der Waals surface area contributed by atoms with E-state index in [-0.39, 0.29) is 0 Å². The van der Waals surface area contributed by atoms with E-state index in [4.69, 9.17) is 4.98 Å². The van der Waals surface area contributed by atoms with Gasteiger partial charge in [-0.25, -0.2) is 0 Å². The number of benzene rings is 6. The maximum absolute atomic E-state index is 4.79. The van der Waals surface area contributed by atoms with Gasteiger partial charge in [-0.05, 0) is 93.9 Å². The molecule has 3 nitrogen and oxygen atoms in total. The smallest absolute Gasteiger partial charge is 0.0888 e. The maximum atomic E-state index is 4.79. The first-order valence-electron chi connectivity index (χ1n) is 15.6. The van der Waals surface area contributed by atoms with Crippen LogP contribution in [0.1, 0.15) is 5.56 Å². The normalized spacial score (nSPS) is 11.6. The highest BCUT2D eigenvalue weighted by molar-refractivity contribution is 6.19. The summed E-state index contributed by atoms with van der Waals surface area (Å²) in [6.07, 6.45) is 3.80. The van der Waals surface area contributed by atoms with Gasteiger partial charge in [0.05, 0.1) is 22.4 Å². The third-order valence-electron chi connectivity index (χ3n) is 9.12. The zero-order chi connectivity index (χ0) is 30.6. The van der Waals surface area contributed by atoms with E-state index in [0.29, 0.717) is 0 Å². The SMILES string of the molecule is Cc1ccnc(-c2ccc(-c3ccc4c5ccc6cc(-c7ccc8ccccc8c7)ccc6c5n(-c5ccccc5)c4c3)cn2)c1. The first-order chi connectivity index (χ1) is 22.7. The van der Waals surface area contributed by atoms with E-state index >= 15 is 0 Å². The average molecular weight is 588 g/mol. The Morgan fingerprint density at radius 1 is 0.457 bits per heavy atom. The number of para-hydroxylation sites is 1. The highest BCUT2D eigenvalue weighted by Crippen LogP contribution is 2.39. The average Bonchev–Trinajstić information content (AvgIpc) is 3.46. The fourth-order valence-corrected chi connectivity index (χ4v) is 6.80. The number of pyridine rings is 2. The Kier molecular flexibility index (Phi) is 6.04. The number of hydrogen-bond donors (Lipinski definition) is 0. The first-order valence-corrected chi connectivity index (χ1v) is 15.6. The van der Waals surface area contributed by atoms with E-state index in [0.717, 1.165) is 28.2 Å². The van der Waals surface area contributed by atoms with E-state index in [1.807, 2.05) is 18.5 Å². The van der Waals surface area contributed by atoms with Gasteiger partial charge in [0.15, 0.2) is 0 Å². The molecule has 0 aliphatic rings. The summed E-state index contributed by atoms with van der Waals surface area (Å²) in [4.78, 5) is 9.31. The fraction of sp³-hybridized carbons (Fsp3) is 0.0233. The Hall–Kier alpha value is -6.06. The van der Waals surface area contributed by atoms with Gasteiger partial charge in [-0.2, -0.15) is 0 Å². The van der Waals surface area contributed by atoms with E-state index in [2.05, 4.69) is 156 Å². The van der Waals surface area contributed by atoms with Crippen LogP contribution in [0.2, 0.25) is 0 Å². The predicted octanol–water partition coefficient (Wildman–Crippen LogP) is 11.2. The second kappa shape index (κ2) is 10.5. The Bertz CT molecular complexity index is 2580. The van der Waals surface area contributed by atoms with E-state index in [1.54, 1.807) is 0 Å². The molecule has 9 rings (SSSR count). The van der Waals surface area contributed by atoms with Gasteiger partial charge in [0.2, 0.25) is 0 Å². The van der Waals surface area contributed by atoms with Crippen molar-refractivity contribution in [3.8, 4) is 39.3 Å². The number of rotatable bonds is 4. The van der Waals surface area contributed by atoms with Gasteiger partial charge in [-0.1, -0.05) is 97.1 Å². The quantitative estimate of drug-likeness (QED) is 0.205. The molecule has 0 unspecified atom stereocenters. The molecule has 0 saturated heterocycles. The summed E-state index contributed by atoms with van der Waals surface area (Å²) < 4.78 is 2.42. The van der Waals surface area contributed by atoms with Crippen LogP contribution in [0.15, 0.2) is 158 Å². The summed E-state index contributed by atoms with van der Waals surface area (Å²) in [5.74, 6) is 0. The molecule has 0 N–H and O–H groups in total. The van der Waals surface area contributed by atoms with Gasteiger partial charge in [-0.3, -0.25) is 9.97 Å². The lowest BCUT2D eigenvalue weighted by atomic mass is 9.97. The summed E-state index contributed by atoms with van der Waals surface area (Å²) in [6.45, 7) is 2.08. The van der Waals surface area contributed by atoms with Gasteiger partial charge in [0.1, 0.15) is 0 Å². The standard InChI is InChI=1S/C43H29N3/c1-28-21-22-44-41(23-28)40-20-16-35(27-45-40)33-14-18-38-39-19-15-34-25-32(31-12-11-29-7-5-6-8-30(29)24-31)13-17-37(34)43(39)46(42(38)26-33)36-9-3-2-4-10-36/h2-27H,1H3. The minimum absolute atomic E-state index is 0.876. The summed E-state index contributed by atoms with van der Waals surface area (Å²) in [5, 5.41) is 7.46. The number of fused-ring (bicyclic) bond motifs is 6. The van der Waals surface area contributed by atoms with E-state index in [1.165, 1.54) is 60.0 Å². The summed E-state index contributed by atoms with van der Waals surface area (Å²) in [5.41, 5.74) is 11.1. The summed E-state index contributed by atoms with van der Waals surface area (Å²) >= 11 is 0. The molecule has 3 heteroatoms. The first kappa shape index (κ1) is 26.4. The number of hydrogen-bond acceptors (Lipinski definition) is 2. The molecule has 9 aromatic rings. The Labute approximate surface area is 267 Å². The van der Waals surface area contributed by atoms with Crippen LogP contribution in [0.5, 0.6) is 0 Å². The van der Waals surface area contributed by atoms with Crippen molar-refractivity contribution < 1.29 is 0 Å². The second-order valence-corrected chi connectivity index (χ2v) is 12.0. The topological polar surface area (TPSA) is 30.7 Å². The molecule has 0 saturated carbocycles. The highest BCUT2D eigenvalue weighted by Gasteiger charge is 2.17. The lowest BCUT2D eigenvalue weighted by molar-refractivity contribution is 1.19. The molecule has 0 aliphatic heterocycles. The minimum Gasteiger partial charge on any atom is -0.309 e. The monoisotopic (exact) mass is 587 g/mol. The molecule has 0 radical (unpaired) electrons. The third kappa shape index (κ3) is 4.36. The molecule has 216 valence electrons. The molecule has 0 atom stereocenters. The fourth-order valence-electron chi connectivity index (χ4n) is 6.80. The van der Waals surface area contributed by atoms with Crippen LogP contribution in [0.4, 0.5) is 0 Å². The van der Waals surface area contributed by atoms with Gasteiger partial charge in [0.25, 0.3) is 0 Å².